The van der Waals surface area contributed by atoms with E-state index in [0.29, 0.717) is 18.8 Å². The Bertz CT molecular complexity index is 714. The lowest BCUT2D eigenvalue weighted by atomic mass is 10.1. The molecule has 1 aliphatic rings. The molecule has 2 N–H and O–H groups in total. The number of hydrogen-bond donors (Lipinski definition) is 2. The molecule has 0 spiro atoms. The molecule has 1 aliphatic heterocycles. The molecule has 22 heavy (non-hydrogen) atoms. The van der Waals surface area contributed by atoms with Crippen molar-refractivity contribution in [2.75, 3.05) is 24.7 Å². The number of nitrogens with zero attached hydrogens (tertiary/aromatic N) is 1. The molecule has 0 aromatic heterocycles. The Kier molecular flexibility index (Phi) is 4.62. The van der Waals surface area contributed by atoms with E-state index in [2.05, 4.69) is 10.6 Å². The summed E-state index contributed by atoms with van der Waals surface area (Å²) in [4.78, 5) is 24.3. The van der Waals surface area contributed by atoms with E-state index in [-0.39, 0.29) is 27.9 Å². The van der Waals surface area contributed by atoms with Crippen molar-refractivity contribution in [3.63, 3.8) is 0 Å². The number of nitrogens with one attached hydrogen (secondary N) is 2. The molecule has 1 heterocycles. The van der Waals surface area contributed by atoms with Crippen LogP contribution >= 0.6 is 11.6 Å². The van der Waals surface area contributed by atoms with E-state index in [1.165, 1.54) is 30.0 Å². The third kappa shape index (κ3) is 3.89. The van der Waals surface area contributed by atoms with Gasteiger partial charge in [-0.15, -0.1) is 0 Å². The molecule has 0 saturated carbocycles. The highest BCUT2D eigenvalue weighted by Crippen LogP contribution is 2.25. The number of urea groups is 1. The molecule has 1 aromatic carbocycles. The number of anilines is 1. The lowest BCUT2D eigenvalue weighted by Gasteiger charge is -2.39. The maximum absolute atomic E-state index is 12.0. The molecule has 1 aromatic rings. The van der Waals surface area contributed by atoms with Crippen LogP contribution in [0.25, 0.3) is 0 Å². The summed E-state index contributed by atoms with van der Waals surface area (Å²) in [6, 6.07) is 3.87. The highest BCUT2D eigenvalue weighted by molar-refractivity contribution is 7.90. The SMILES string of the molecule is CC(=O)NC1CN(C(=O)Nc2ccc(Cl)c(S(C)(=O)=O)c2)C1. The van der Waals surface area contributed by atoms with Crippen molar-refractivity contribution in [2.45, 2.75) is 17.9 Å². The highest BCUT2D eigenvalue weighted by Gasteiger charge is 2.31. The smallest absolute Gasteiger partial charge is 0.321 e. The van der Waals surface area contributed by atoms with E-state index >= 15 is 0 Å². The van der Waals surface area contributed by atoms with Crippen molar-refractivity contribution in [1.82, 2.24) is 10.2 Å². The van der Waals surface area contributed by atoms with Crippen LogP contribution in [-0.4, -0.2) is 50.6 Å². The average molecular weight is 346 g/mol. The van der Waals surface area contributed by atoms with Crippen LogP contribution in [0.2, 0.25) is 5.02 Å². The normalized spacial score (nSPS) is 15.1. The summed E-state index contributed by atoms with van der Waals surface area (Å²) in [7, 11) is -3.47. The van der Waals surface area contributed by atoms with Gasteiger partial charge in [0, 0.05) is 32.0 Å². The number of carbonyl (C=O) groups is 2. The Morgan fingerprint density at radius 1 is 1.32 bits per heavy atom. The monoisotopic (exact) mass is 345 g/mol. The zero-order chi connectivity index (χ0) is 16.5. The third-order valence-corrected chi connectivity index (χ3v) is 4.74. The second-order valence-corrected chi connectivity index (χ2v) is 7.54. The van der Waals surface area contributed by atoms with Crippen LogP contribution in [0.5, 0.6) is 0 Å². The molecule has 9 heteroatoms. The Morgan fingerprint density at radius 3 is 2.50 bits per heavy atom. The fourth-order valence-corrected chi connectivity index (χ4v) is 3.39. The lowest BCUT2D eigenvalue weighted by molar-refractivity contribution is -0.120. The van der Waals surface area contributed by atoms with E-state index in [1.54, 1.807) is 0 Å². The summed E-state index contributed by atoms with van der Waals surface area (Å²) in [5.74, 6) is -0.138. The fraction of sp³-hybridized carbons (Fsp3) is 0.385. The summed E-state index contributed by atoms with van der Waals surface area (Å²) in [5, 5.41) is 5.42. The first kappa shape index (κ1) is 16.6. The van der Waals surface area contributed by atoms with E-state index in [9.17, 15) is 18.0 Å². The number of likely N-dealkylation sites (tertiary alicyclic amines) is 1. The van der Waals surface area contributed by atoms with Gasteiger partial charge in [0.2, 0.25) is 5.91 Å². The average Bonchev–Trinajstić information content (AvgIpc) is 2.33. The molecule has 0 aliphatic carbocycles. The van der Waals surface area contributed by atoms with Gasteiger partial charge in [0.05, 0.1) is 16.0 Å². The Morgan fingerprint density at radius 2 is 1.95 bits per heavy atom. The Hall–Kier alpha value is -1.80. The topological polar surface area (TPSA) is 95.6 Å². The minimum atomic E-state index is -3.47. The van der Waals surface area contributed by atoms with Gasteiger partial charge in [-0.05, 0) is 18.2 Å². The maximum atomic E-state index is 12.0. The predicted octanol–water partition coefficient (Wildman–Crippen LogP) is 1.10. The number of halogens is 1. The minimum absolute atomic E-state index is 0.0355. The van der Waals surface area contributed by atoms with Gasteiger partial charge < -0.3 is 15.5 Å². The summed E-state index contributed by atoms with van der Waals surface area (Å²) < 4.78 is 23.2. The molecular formula is C13H16ClN3O4S. The predicted molar refractivity (Wildman–Crippen MR) is 82.8 cm³/mol. The van der Waals surface area contributed by atoms with Crippen molar-refractivity contribution in [1.29, 1.82) is 0 Å². The van der Waals surface area contributed by atoms with Gasteiger partial charge in [0.25, 0.3) is 0 Å². The van der Waals surface area contributed by atoms with E-state index < -0.39 is 9.84 Å². The van der Waals surface area contributed by atoms with Gasteiger partial charge >= 0.3 is 6.03 Å². The molecule has 7 nitrogen and oxygen atoms in total. The van der Waals surface area contributed by atoms with Gasteiger partial charge in [-0.1, -0.05) is 11.6 Å². The van der Waals surface area contributed by atoms with Gasteiger partial charge in [-0.2, -0.15) is 0 Å². The first-order chi connectivity index (χ1) is 10.2. The molecular weight excluding hydrogens is 330 g/mol. The van der Waals surface area contributed by atoms with E-state index in [1.807, 2.05) is 0 Å². The highest BCUT2D eigenvalue weighted by atomic mass is 35.5. The fourth-order valence-electron chi connectivity index (χ4n) is 2.09. The second-order valence-electron chi connectivity index (χ2n) is 5.15. The molecule has 0 atom stereocenters. The molecule has 1 saturated heterocycles. The van der Waals surface area contributed by atoms with Gasteiger partial charge in [-0.25, -0.2) is 13.2 Å². The number of hydrogen-bond acceptors (Lipinski definition) is 4. The molecule has 0 unspecified atom stereocenters. The lowest BCUT2D eigenvalue weighted by Crippen LogP contribution is -2.61. The van der Waals surface area contributed by atoms with Crippen molar-refractivity contribution in [3.05, 3.63) is 23.2 Å². The third-order valence-electron chi connectivity index (χ3n) is 3.16. The van der Waals surface area contributed by atoms with Crippen LogP contribution in [0, 0.1) is 0 Å². The standard InChI is InChI=1S/C13H16ClN3O4S/c1-8(18)15-10-6-17(7-10)13(19)16-9-3-4-11(14)12(5-9)22(2,20)21/h3-5,10H,6-7H2,1-2H3,(H,15,18)(H,16,19). The van der Waals surface area contributed by atoms with Gasteiger partial charge in [0.15, 0.2) is 9.84 Å². The Balaban J connectivity index is 2.00. The minimum Gasteiger partial charge on any atom is -0.350 e. The first-order valence-electron chi connectivity index (χ1n) is 6.49. The van der Waals surface area contributed by atoms with Crippen molar-refractivity contribution in [3.8, 4) is 0 Å². The van der Waals surface area contributed by atoms with E-state index in [4.69, 9.17) is 11.6 Å². The number of benzene rings is 1. The van der Waals surface area contributed by atoms with Crippen LogP contribution in [0.3, 0.4) is 0 Å². The van der Waals surface area contributed by atoms with Crippen LogP contribution in [0.15, 0.2) is 23.1 Å². The summed E-state index contributed by atoms with van der Waals surface area (Å²) in [5.41, 5.74) is 0.345. The molecule has 1 fully saturated rings. The van der Waals surface area contributed by atoms with Crippen molar-refractivity contribution in [2.24, 2.45) is 0 Å². The molecule has 0 radical (unpaired) electrons. The zero-order valence-corrected chi connectivity index (χ0v) is 13.7. The first-order valence-corrected chi connectivity index (χ1v) is 8.76. The molecule has 0 bridgehead atoms. The Labute approximate surface area is 133 Å². The van der Waals surface area contributed by atoms with E-state index in [0.717, 1.165) is 6.26 Å². The number of amides is 3. The van der Waals surface area contributed by atoms with Gasteiger partial charge in [-0.3, -0.25) is 4.79 Å². The summed E-state index contributed by atoms with van der Waals surface area (Å²) in [6.45, 7) is 2.25. The maximum Gasteiger partial charge on any atom is 0.321 e. The summed E-state index contributed by atoms with van der Waals surface area (Å²) in [6.07, 6.45) is 1.05. The zero-order valence-electron chi connectivity index (χ0n) is 12.1. The largest absolute Gasteiger partial charge is 0.350 e. The molecule has 2 rings (SSSR count). The number of sulfone groups is 1. The van der Waals surface area contributed by atoms with Crippen LogP contribution < -0.4 is 10.6 Å². The van der Waals surface area contributed by atoms with Crippen LogP contribution in [0.1, 0.15) is 6.92 Å². The van der Waals surface area contributed by atoms with Crippen molar-refractivity contribution >= 4 is 39.1 Å². The number of carbonyl (C=O) groups excluding carboxylic acids is 2. The van der Waals surface area contributed by atoms with Crippen molar-refractivity contribution < 1.29 is 18.0 Å². The van der Waals surface area contributed by atoms with Gasteiger partial charge in [0.1, 0.15) is 0 Å². The number of rotatable bonds is 3. The molecule has 120 valence electrons. The quantitative estimate of drug-likeness (QED) is 0.857. The van der Waals surface area contributed by atoms with Crippen LogP contribution in [-0.2, 0) is 14.6 Å². The second kappa shape index (κ2) is 6.13. The van der Waals surface area contributed by atoms with Crippen LogP contribution in [0.4, 0.5) is 10.5 Å². The summed E-state index contributed by atoms with van der Waals surface area (Å²) >= 11 is 5.84. The molecule has 3 amide bonds.